The zero-order valence-electron chi connectivity index (χ0n) is 45.7. The number of nitrogens with zero attached hydrogens (tertiary/aromatic N) is 3. The molecule has 81 heavy (non-hydrogen) atoms. The summed E-state index contributed by atoms with van der Waals surface area (Å²) in [5, 5.41) is 0.354. The number of amides is 4. The van der Waals surface area contributed by atoms with Crippen molar-refractivity contribution in [3.63, 3.8) is 0 Å². The summed E-state index contributed by atoms with van der Waals surface area (Å²) in [5.41, 5.74) is 5.27. The van der Waals surface area contributed by atoms with Crippen LogP contribution in [0.2, 0.25) is 0 Å². The number of carbonyl (C=O) groups excluding carboxylic acids is 7. The molecule has 0 N–H and O–H groups in total. The molecule has 0 fully saturated rings. The van der Waals surface area contributed by atoms with Gasteiger partial charge in [-0.1, -0.05) is 120 Å². The van der Waals surface area contributed by atoms with E-state index in [0.29, 0.717) is 11.1 Å². The van der Waals surface area contributed by atoms with Crippen LogP contribution < -0.4 is 0 Å². The minimum Gasteiger partial charge on any atom is -0.458 e. The maximum absolute atomic E-state index is 14.7. The molecule has 6 aromatic carbocycles. The summed E-state index contributed by atoms with van der Waals surface area (Å²) in [7, 11) is 2.62. The van der Waals surface area contributed by atoms with E-state index in [9.17, 15) is 51.1 Å². The van der Waals surface area contributed by atoms with E-state index in [1.54, 1.807) is 53.7 Å². The average Bonchev–Trinajstić information content (AvgIpc) is 4.21. The number of imide groups is 1. The second kappa shape index (κ2) is 23.5. The van der Waals surface area contributed by atoms with Crippen molar-refractivity contribution in [3.05, 3.63) is 190 Å². The number of hydrogen-bond donors (Lipinski definition) is 0. The third-order valence-electron chi connectivity index (χ3n) is 13.6. The number of ether oxygens (including phenoxy) is 4. The number of hydrogen-bond acceptors (Lipinski definition) is 12. The van der Waals surface area contributed by atoms with Crippen LogP contribution in [0.4, 0.5) is 27.2 Å². The van der Waals surface area contributed by atoms with Gasteiger partial charge in [0.15, 0.2) is 0 Å². The van der Waals surface area contributed by atoms with Gasteiger partial charge >= 0.3 is 36.3 Å². The number of alkyl halides is 3. The highest BCUT2D eigenvalue weighted by molar-refractivity contribution is 6.21. The lowest BCUT2D eigenvalue weighted by atomic mass is 9.98. The number of hydroxylamine groups is 2. The van der Waals surface area contributed by atoms with Crippen LogP contribution in [0.3, 0.4) is 0 Å². The van der Waals surface area contributed by atoms with Gasteiger partial charge in [0.2, 0.25) is 0 Å². The molecule has 0 spiro atoms. The van der Waals surface area contributed by atoms with Gasteiger partial charge in [-0.25, -0.2) is 28.4 Å². The lowest BCUT2D eigenvalue weighted by molar-refractivity contribution is -0.174. The Morgan fingerprint density at radius 1 is 0.531 bits per heavy atom. The SMILES string of the molecule is CN(C(=O)OCC1c2ccccc2-c2ccccc21)[C@@H](CC(=O)ON1C(=O)c2ccccc2C1=O)C(=O)OC(C)(C)C.CN(C(=O)OCC1c2ccccc2-c2ccccc21)[C@@H](Cc1ccc(C(F)(F)F)cc1F)C(=O)OC(C)(C)C. The molecule has 4 amide bonds. The fourth-order valence-electron chi connectivity index (χ4n) is 9.79. The molecule has 1 aliphatic heterocycles. The highest BCUT2D eigenvalue weighted by Gasteiger charge is 2.42. The summed E-state index contributed by atoms with van der Waals surface area (Å²) in [6.45, 7) is 9.83. The van der Waals surface area contributed by atoms with Crippen LogP contribution in [0.25, 0.3) is 22.3 Å². The Balaban J connectivity index is 0.000000213. The van der Waals surface area contributed by atoms with Crippen LogP contribution in [0.5, 0.6) is 0 Å². The third kappa shape index (κ3) is 13.1. The van der Waals surface area contributed by atoms with Crippen LogP contribution in [-0.4, -0.2) is 107 Å². The van der Waals surface area contributed by atoms with Crippen molar-refractivity contribution in [2.24, 2.45) is 0 Å². The molecule has 0 bridgehead atoms. The first-order chi connectivity index (χ1) is 38.2. The minimum atomic E-state index is -4.72. The van der Waals surface area contributed by atoms with Gasteiger partial charge in [-0.15, -0.1) is 0 Å². The largest absolute Gasteiger partial charge is 0.458 e. The van der Waals surface area contributed by atoms with Gasteiger partial charge < -0.3 is 23.8 Å². The minimum absolute atomic E-state index is 0.00226. The van der Waals surface area contributed by atoms with Crippen molar-refractivity contribution >= 4 is 41.9 Å². The monoisotopic (exact) mass is 1110 g/mol. The quantitative estimate of drug-likeness (QED) is 0.0464. The normalized spacial score (nSPS) is 14.2. The van der Waals surface area contributed by atoms with E-state index in [1.807, 2.05) is 97.1 Å². The van der Waals surface area contributed by atoms with E-state index in [4.69, 9.17) is 23.8 Å². The number of carbonyl (C=O) groups is 7. The van der Waals surface area contributed by atoms with Gasteiger partial charge in [-0.2, -0.15) is 13.2 Å². The first-order valence-electron chi connectivity index (χ1n) is 25.9. The highest BCUT2D eigenvalue weighted by atomic mass is 19.4. The predicted octanol–water partition coefficient (Wildman–Crippen LogP) is 11.7. The fourth-order valence-corrected chi connectivity index (χ4v) is 9.79. The molecule has 0 unspecified atom stereocenters. The maximum Gasteiger partial charge on any atom is 0.416 e. The van der Waals surface area contributed by atoms with Crippen molar-refractivity contribution < 1.29 is 74.9 Å². The third-order valence-corrected chi connectivity index (χ3v) is 13.6. The van der Waals surface area contributed by atoms with E-state index in [-0.39, 0.29) is 41.7 Å². The Labute approximate surface area is 465 Å². The zero-order valence-corrected chi connectivity index (χ0v) is 45.7. The van der Waals surface area contributed by atoms with Crippen LogP contribution in [-0.2, 0) is 50.8 Å². The summed E-state index contributed by atoms with van der Waals surface area (Å²) in [5.74, 6) is -5.98. The first-order valence-corrected chi connectivity index (χ1v) is 25.9. The summed E-state index contributed by atoms with van der Waals surface area (Å²) < 4.78 is 75.8. The van der Waals surface area contributed by atoms with Crippen molar-refractivity contribution in [2.75, 3.05) is 27.3 Å². The molecule has 15 nitrogen and oxygen atoms in total. The Kier molecular flexibility index (Phi) is 16.9. The number of rotatable bonds is 13. The van der Waals surface area contributed by atoms with Crippen LogP contribution in [0, 0.1) is 5.82 Å². The Morgan fingerprint density at radius 2 is 0.889 bits per heavy atom. The summed E-state index contributed by atoms with van der Waals surface area (Å²) in [4.78, 5) is 97.8. The number of benzene rings is 6. The van der Waals surface area contributed by atoms with Crippen molar-refractivity contribution in [1.29, 1.82) is 0 Å². The van der Waals surface area contributed by atoms with Crippen molar-refractivity contribution in [3.8, 4) is 22.3 Å². The molecule has 19 heteroatoms. The molecule has 422 valence electrons. The number of fused-ring (bicyclic) bond motifs is 7. The van der Waals surface area contributed by atoms with Crippen molar-refractivity contribution in [2.45, 2.75) is 95.7 Å². The van der Waals surface area contributed by atoms with Gasteiger partial charge in [-0.05, 0) is 116 Å². The molecular formula is C62H59F4N3O12. The molecule has 0 saturated heterocycles. The second-order valence-electron chi connectivity index (χ2n) is 21.6. The number of esters is 2. The molecule has 0 radical (unpaired) electrons. The molecular weight excluding hydrogens is 1050 g/mol. The Bertz CT molecular complexity index is 3300. The smallest absolute Gasteiger partial charge is 0.416 e. The lowest BCUT2D eigenvalue weighted by Gasteiger charge is -2.30. The van der Waals surface area contributed by atoms with E-state index in [0.717, 1.165) is 66.4 Å². The molecule has 9 rings (SSSR count). The van der Waals surface area contributed by atoms with E-state index in [1.165, 1.54) is 26.2 Å². The molecule has 1 heterocycles. The molecule has 2 atom stereocenters. The fraction of sp³-hybridized carbons (Fsp3) is 0.306. The predicted molar refractivity (Wildman–Crippen MR) is 288 cm³/mol. The summed E-state index contributed by atoms with van der Waals surface area (Å²) >= 11 is 0. The lowest BCUT2D eigenvalue weighted by Crippen LogP contribution is -2.47. The first kappa shape index (κ1) is 58.3. The molecule has 0 saturated carbocycles. The van der Waals surface area contributed by atoms with Crippen LogP contribution >= 0.6 is 0 Å². The molecule has 3 aliphatic rings. The van der Waals surface area contributed by atoms with Gasteiger partial charge in [0.1, 0.15) is 42.3 Å². The average molecular weight is 1110 g/mol. The Morgan fingerprint density at radius 3 is 1.26 bits per heavy atom. The molecule has 2 aliphatic carbocycles. The van der Waals surface area contributed by atoms with E-state index < -0.39 is 95.6 Å². The number of likely N-dealkylation sites (N-methyl/N-ethyl adjacent to an activating group) is 2. The van der Waals surface area contributed by atoms with E-state index in [2.05, 4.69) is 0 Å². The zero-order chi connectivity index (χ0) is 58.7. The Hall–Kier alpha value is -8.87. The van der Waals surface area contributed by atoms with Gasteiger partial charge in [0.05, 0.1) is 23.1 Å². The maximum atomic E-state index is 14.7. The standard InChI is InChI=1S/C32H30N2O8.C30H29F4NO4/c1-32(2,3)41-30(38)26(17-27(35)42-34-28(36)23-15-9-10-16-24(23)29(34)37)33(4)31(39)40-18-25-21-13-7-5-11-19(21)20-12-6-8-14-22(20)25;1-29(2,3)39-27(36)26(15-18-13-14-19(16-25(18)31)30(32,33)34)35(4)28(37)38-17-24-22-11-7-5-9-20(22)21-10-6-8-12-23(21)24/h5-16,25-26H,17-18H2,1-4H3;5-14,16,24,26H,15,17H2,1-4H3/t2*26-/m00/s1. The van der Waals surface area contributed by atoms with Gasteiger partial charge in [0.25, 0.3) is 11.8 Å². The van der Waals surface area contributed by atoms with E-state index >= 15 is 0 Å². The van der Waals surface area contributed by atoms with Crippen LogP contribution in [0.1, 0.15) is 114 Å². The second-order valence-corrected chi connectivity index (χ2v) is 21.6. The summed E-state index contributed by atoms with van der Waals surface area (Å²) in [6, 6.07) is 36.7. The molecule has 0 aromatic heterocycles. The summed E-state index contributed by atoms with van der Waals surface area (Å²) in [6.07, 6.45) is -7.52. The molecule has 6 aromatic rings. The van der Waals surface area contributed by atoms with Crippen molar-refractivity contribution in [1.82, 2.24) is 14.9 Å². The van der Waals surface area contributed by atoms with Gasteiger partial charge in [0, 0.05) is 32.4 Å². The van der Waals surface area contributed by atoms with Gasteiger partial charge in [-0.3, -0.25) is 19.4 Å². The number of halogens is 4. The van der Waals surface area contributed by atoms with Crippen LogP contribution in [0.15, 0.2) is 140 Å². The highest BCUT2D eigenvalue weighted by Crippen LogP contribution is 2.46. The topological polar surface area (TPSA) is 175 Å².